The molecular weight excluding hydrogens is 345 g/mol. The maximum atomic E-state index is 12.6. The highest BCUT2D eigenvalue weighted by atomic mass is 127. The van der Waals surface area contributed by atoms with E-state index in [-0.39, 0.29) is 14.8 Å². The largest absolute Gasteiger partial charge is 0.573 e. The lowest BCUT2D eigenvalue weighted by molar-refractivity contribution is -0.275. The van der Waals surface area contributed by atoms with Gasteiger partial charge in [0, 0.05) is 6.20 Å². The van der Waals surface area contributed by atoms with Crippen molar-refractivity contribution in [2.24, 2.45) is 0 Å². The number of halogens is 5. The van der Waals surface area contributed by atoms with Crippen LogP contribution in [0.2, 0.25) is 0 Å². The molecule has 0 saturated carbocycles. The lowest BCUT2D eigenvalue weighted by Crippen LogP contribution is -2.19. The van der Waals surface area contributed by atoms with Gasteiger partial charge in [-0.3, -0.25) is 4.98 Å². The maximum absolute atomic E-state index is 12.6. The Morgan fingerprint density at radius 3 is 2.50 bits per heavy atom. The van der Waals surface area contributed by atoms with Crippen molar-refractivity contribution < 1.29 is 27.4 Å². The minimum absolute atomic E-state index is 0.0276. The van der Waals surface area contributed by atoms with E-state index >= 15 is 0 Å². The van der Waals surface area contributed by atoms with Crippen LogP contribution in [-0.2, 0) is 13.3 Å². The lowest BCUT2D eigenvalue weighted by atomic mass is 10.2. The van der Waals surface area contributed by atoms with Crippen molar-refractivity contribution in [1.29, 1.82) is 0 Å². The Balaban J connectivity index is 3.23. The molecule has 3 nitrogen and oxygen atoms in total. The summed E-state index contributed by atoms with van der Waals surface area (Å²) in [5.41, 5.74) is -0.547. The molecule has 0 fully saturated rings. The first kappa shape index (κ1) is 13.4. The molecule has 0 aliphatic rings. The van der Waals surface area contributed by atoms with Crippen LogP contribution in [0.3, 0.4) is 0 Å². The van der Waals surface area contributed by atoms with E-state index in [1.807, 2.05) is 0 Å². The second-order valence-electron chi connectivity index (χ2n) is 2.70. The number of pyridine rings is 1. The highest BCUT2D eigenvalue weighted by Gasteiger charge is 2.33. The van der Waals surface area contributed by atoms with Crippen molar-refractivity contribution in [2.45, 2.75) is 19.6 Å². The molecule has 8 heteroatoms. The fourth-order valence-electron chi connectivity index (χ4n) is 1.05. The van der Waals surface area contributed by atoms with Crippen molar-refractivity contribution in [3.05, 3.63) is 21.0 Å². The Labute approximate surface area is 102 Å². The molecule has 0 bridgehead atoms. The zero-order valence-electron chi connectivity index (χ0n) is 7.68. The normalized spacial score (nSPS) is 11.6. The van der Waals surface area contributed by atoms with E-state index in [9.17, 15) is 17.6 Å². The topological polar surface area (TPSA) is 42.4 Å². The van der Waals surface area contributed by atoms with E-state index in [0.29, 0.717) is 0 Å². The molecule has 0 unspecified atom stereocenters. The summed E-state index contributed by atoms with van der Waals surface area (Å²) in [5, 5.41) is 8.79. The van der Waals surface area contributed by atoms with Gasteiger partial charge in [0.1, 0.15) is 6.67 Å². The third-order valence-corrected chi connectivity index (χ3v) is 2.44. The summed E-state index contributed by atoms with van der Waals surface area (Å²) in [6.45, 7) is -1.84. The predicted molar refractivity (Wildman–Crippen MR) is 54.4 cm³/mol. The van der Waals surface area contributed by atoms with Gasteiger partial charge in [0.15, 0.2) is 5.75 Å². The zero-order valence-corrected chi connectivity index (χ0v) is 9.84. The van der Waals surface area contributed by atoms with E-state index in [1.54, 1.807) is 22.6 Å². The molecule has 1 heterocycles. The number of hydrogen-bond acceptors (Lipinski definition) is 3. The molecule has 0 atom stereocenters. The second-order valence-corrected chi connectivity index (χ2v) is 3.86. The van der Waals surface area contributed by atoms with Crippen molar-refractivity contribution in [2.75, 3.05) is 0 Å². The summed E-state index contributed by atoms with van der Waals surface area (Å²) in [7, 11) is 0. The van der Waals surface area contributed by atoms with Crippen molar-refractivity contribution in [3.63, 3.8) is 0 Å². The fourth-order valence-corrected chi connectivity index (χ4v) is 1.62. The molecule has 0 aliphatic carbocycles. The van der Waals surface area contributed by atoms with Gasteiger partial charge in [0.05, 0.1) is 21.4 Å². The maximum Gasteiger partial charge on any atom is 0.573 e. The van der Waals surface area contributed by atoms with Gasteiger partial charge in [-0.2, -0.15) is 0 Å². The summed E-state index contributed by atoms with van der Waals surface area (Å²) >= 11 is 1.55. The molecule has 0 amide bonds. The molecule has 0 spiro atoms. The first-order valence-electron chi connectivity index (χ1n) is 3.98. The van der Waals surface area contributed by atoms with Crippen LogP contribution >= 0.6 is 22.6 Å². The number of nitrogens with zero attached hydrogens (tertiary/aromatic N) is 1. The molecule has 0 radical (unpaired) electrons. The van der Waals surface area contributed by atoms with Crippen LogP contribution in [0.25, 0.3) is 0 Å². The number of rotatable bonds is 3. The Morgan fingerprint density at radius 1 is 1.44 bits per heavy atom. The van der Waals surface area contributed by atoms with Gasteiger partial charge >= 0.3 is 6.36 Å². The number of ether oxygens (including phenoxy) is 1. The van der Waals surface area contributed by atoms with Gasteiger partial charge in [0.25, 0.3) is 0 Å². The Morgan fingerprint density at radius 2 is 2.06 bits per heavy atom. The Hall–Kier alpha value is -0.640. The fraction of sp³-hybridized carbons (Fsp3) is 0.375. The SMILES string of the molecule is OCc1ncc(I)c(OC(F)(F)F)c1CF. The van der Waals surface area contributed by atoms with Crippen molar-refractivity contribution in [3.8, 4) is 5.75 Å². The van der Waals surface area contributed by atoms with Crippen molar-refractivity contribution >= 4 is 22.6 Å². The monoisotopic (exact) mass is 351 g/mol. The Bertz CT molecular complexity index is 383. The predicted octanol–water partition coefficient (Wildman–Crippen LogP) is 2.55. The highest BCUT2D eigenvalue weighted by molar-refractivity contribution is 14.1. The molecule has 1 rings (SSSR count). The summed E-state index contributed by atoms with van der Waals surface area (Å²) in [6.07, 6.45) is -3.83. The number of alkyl halides is 4. The molecule has 90 valence electrons. The van der Waals surface area contributed by atoms with Crippen molar-refractivity contribution in [1.82, 2.24) is 4.98 Å². The Kier molecular flexibility index (Phi) is 4.30. The van der Waals surface area contributed by atoms with Crippen LogP contribution in [0.4, 0.5) is 17.6 Å². The van der Waals surface area contributed by atoms with Gasteiger partial charge in [-0.15, -0.1) is 13.2 Å². The average Bonchev–Trinajstić information content (AvgIpc) is 2.19. The third kappa shape index (κ3) is 3.17. The van der Waals surface area contributed by atoms with Crippen LogP contribution in [0.15, 0.2) is 6.20 Å². The molecule has 16 heavy (non-hydrogen) atoms. The molecule has 0 aromatic carbocycles. The third-order valence-electron chi connectivity index (χ3n) is 1.67. The van der Waals surface area contributed by atoms with E-state index in [2.05, 4.69) is 9.72 Å². The van der Waals surface area contributed by atoms with E-state index in [1.165, 1.54) is 0 Å². The minimum Gasteiger partial charge on any atom is -0.404 e. The number of aliphatic hydroxyl groups is 1. The van der Waals surface area contributed by atoms with Gasteiger partial charge in [-0.25, -0.2) is 4.39 Å². The lowest BCUT2D eigenvalue weighted by Gasteiger charge is -2.14. The van der Waals surface area contributed by atoms with E-state index in [0.717, 1.165) is 6.20 Å². The minimum atomic E-state index is -4.90. The number of aliphatic hydroxyl groups excluding tert-OH is 1. The van der Waals surface area contributed by atoms with E-state index < -0.39 is 25.4 Å². The summed E-state index contributed by atoms with van der Waals surface area (Å²) in [6, 6.07) is 0. The standard InChI is InChI=1S/C8H6F4INO2/c9-1-4-6(3-15)14-2-5(13)7(4)16-8(10,11)12/h2,15H,1,3H2. The molecule has 1 aromatic rings. The first-order valence-corrected chi connectivity index (χ1v) is 5.05. The number of aromatic nitrogens is 1. The van der Waals surface area contributed by atoms with Crippen LogP contribution in [0.5, 0.6) is 5.75 Å². The number of hydrogen-bond donors (Lipinski definition) is 1. The zero-order chi connectivity index (χ0) is 12.3. The first-order chi connectivity index (χ1) is 7.39. The van der Waals surface area contributed by atoms with Crippen LogP contribution in [0.1, 0.15) is 11.3 Å². The molecular formula is C8H6F4INO2. The van der Waals surface area contributed by atoms with Gasteiger partial charge in [-0.05, 0) is 22.6 Å². The van der Waals surface area contributed by atoms with Crippen LogP contribution in [-0.4, -0.2) is 16.5 Å². The van der Waals surface area contributed by atoms with Gasteiger partial charge in [-0.1, -0.05) is 0 Å². The highest BCUT2D eigenvalue weighted by Crippen LogP contribution is 2.32. The smallest absolute Gasteiger partial charge is 0.404 e. The van der Waals surface area contributed by atoms with Gasteiger partial charge < -0.3 is 9.84 Å². The molecule has 0 saturated heterocycles. The van der Waals surface area contributed by atoms with Crippen LogP contribution < -0.4 is 4.74 Å². The molecule has 1 aromatic heterocycles. The van der Waals surface area contributed by atoms with Gasteiger partial charge in [0.2, 0.25) is 0 Å². The average molecular weight is 351 g/mol. The molecule has 0 aliphatic heterocycles. The second kappa shape index (κ2) is 5.13. The molecule has 1 N–H and O–H groups in total. The van der Waals surface area contributed by atoms with Crippen LogP contribution in [0, 0.1) is 3.57 Å². The summed E-state index contributed by atoms with van der Waals surface area (Å²) < 4.78 is 52.4. The van der Waals surface area contributed by atoms with E-state index in [4.69, 9.17) is 5.11 Å². The summed E-state index contributed by atoms with van der Waals surface area (Å²) in [5.74, 6) is -0.644. The quantitative estimate of drug-likeness (QED) is 0.673. The summed E-state index contributed by atoms with van der Waals surface area (Å²) in [4.78, 5) is 3.61.